The first-order chi connectivity index (χ1) is 8.82. The monoisotopic (exact) mass is 272 g/mol. The van der Waals surface area contributed by atoms with E-state index in [0.29, 0.717) is 13.0 Å². The number of aliphatic imine (C=N–C) groups is 1. The Bertz CT molecular complexity index is 364. The Morgan fingerprint density at radius 3 is 2.37 bits per heavy atom. The molecule has 1 amide bonds. The van der Waals surface area contributed by atoms with Crippen LogP contribution >= 0.6 is 0 Å². The molecule has 0 aliphatic rings. The number of aliphatic carboxylic acids is 1. The number of nitrogens with two attached hydrogens (primary N) is 2. The Kier molecular flexibility index (Phi) is 7.90. The molecule has 108 valence electrons. The van der Waals surface area contributed by atoms with E-state index in [1.165, 1.54) is 6.92 Å². The molecule has 0 aliphatic carbocycles. The molecule has 0 unspecified atom stereocenters. The first-order valence-electron chi connectivity index (χ1n) is 5.90. The van der Waals surface area contributed by atoms with E-state index in [2.05, 4.69) is 10.3 Å². The molecule has 0 aliphatic heterocycles. The van der Waals surface area contributed by atoms with Crippen molar-refractivity contribution in [2.45, 2.75) is 38.6 Å². The van der Waals surface area contributed by atoms with Crippen LogP contribution in [0.25, 0.3) is 0 Å². The summed E-state index contributed by atoms with van der Waals surface area (Å²) in [6.07, 6.45) is 0.749. The number of hydrogen-bond donors (Lipinski definition) is 4. The van der Waals surface area contributed by atoms with Crippen LogP contribution < -0.4 is 16.8 Å². The summed E-state index contributed by atoms with van der Waals surface area (Å²) in [6.45, 7) is 1.67. The summed E-state index contributed by atoms with van der Waals surface area (Å²) in [6, 6.07) is -0.992. The van der Waals surface area contributed by atoms with Crippen molar-refractivity contribution in [3.8, 4) is 0 Å². The van der Waals surface area contributed by atoms with Crippen molar-refractivity contribution in [2.75, 3.05) is 6.54 Å². The zero-order chi connectivity index (χ0) is 14.8. The van der Waals surface area contributed by atoms with Crippen molar-refractivity contribution < 1.29 is 19.5 Å². The number of ketones is 1. The third-order valence-corrected chi connectivity index (χ3v) is 2.28. The Morgan fingerprint density at radius 1 is 1.26 bits per heavy atom. The van der Waals surface area contributed by atoms with Crippen LogP contribution in [-0.4, -0.2) is 41.3 Å². The van der Waals surface area contributed by atoms with Gasteiger partial charge in [-0.25, -0.2) is 4.79 Å². The second-order valence-electron chi connectivity index (χ2n) is 4.11. The van der Waals surface area contributed by atoms with Crippen LogP contribution in [0.3, 0.4) is 0 Å². The molecule has 6 N–H and O–H groups in total. The standard InChI is InChI=1S/C11H20N4O4/c1-7(16)4-5-9(17)15-8(10(18)19)3-2-6-14-11(12)13/h8H,2-6H2,1H3,(H,15,17)(H,18,19)(H4,12,13,14)/t8-/m0/s1. The summed E-state index contributed by atoms with van der Waals surface area (Å²) < 4.78 is 0. The summed E-state index contributed by atoms with van der Waals surface area (Å²) in [4.78, 5) is 36.8. The molecule has 0 aromatic heterocycles. The number of Topliss-reactive ketones (excluding diaryl/α,β-unsaturated/α-hetero) is 1. The quantitative estimate of drug-likeness (QED) is 0.240. The molecule has 8 heteroatoms. The maximum absolute atomic E-state index is 11.4. The number of nitrogens with zero attached hydrogens (tertiary/aromatic N) is 1. The van der Waals surface area contributed by atoms with Gasteiger partial charge in [-0.3, -0.25) is 9.79 Å². The third-order valence-electron chi connectivity index (χ3n) is 2.28. The number of amides is 1. The molecule has 8 nitrogen and oxygen atoms in total. The van der Waals surface area contributed by atoms with Gasteiger partial charge in [0.2, 0.25) is 5.91 Å². The molecular weight excluding hydrogens is 252 g/mol. The molecule has 0 heterocycles. The van der Waals surface area contributed by atoms with Gasteiger partial charge in [0.15, 0.2) is 5.96 Å². The van der Waals surface area contributed by atoms with Gasteiger partial charge in [0.1, 0.15) is 11.8 Å². The minimum absolute atomic E-state index is 0.00693. The lowest BCUT2D eigenvalue weighted by Gasteiger charge is -2.13. The molecular formula is C11H20N4O4. The minimum Gasteiger partial charge on any atom is -0.480 e. The molecule has 0 saturated carbocycles. The van der Waals surface area contributed by atoms with Crippen LogP contribution in [0.15, 0.2) is 4.99 Å². The van der Waals surface area contributed by atoms with E-state index in [4.69, 9.17) is 16.6 Å². The van der Waals surface area contributed by atoms with Gasteiger partial charge < -0.3 is 26.7 Å². The predicted molar refractivity (Wildman–Crippen MR) is 69.4 cm³/mol. The van der Waals surface area contributed by atoms with Gasteiger partial charge in [-0.2, -0.15) is 0 Å². The third kappa shape index (κ3) is 9.57. The van der Waals surface area contributed by atoms with E-state index in [0.717, 1.165) is 0 Å². The van der Waals surface area contributed by atoms with E-state index < -0.39 is 17.9 Å². The summed E-state index contributed by atoms with van der Waals surface area (Å²) >= 11 is 0. The van der Waals surface area contributed by atoms with E-state index in [1.807, 2.05) is 0 Å². The van der Waals surface area contributed by atoms with E-state index >= 15 is 0 Å². The van der Waals surface area contributed by atoms with Gasteiger partial charge in [0.05, 0.1) is 0 Å². The fraction of sp³-hybridized carbons (Fsp3) is 0.636. The average Bonchev–Trinajstić information content (AvgIpc) is 2.29. The van der Waals surface area contributed by atoms with Crippen molar-refractivity contribution in [1.82, 2.24) is 5.32 Å². The van der Waals surface area contributed by atoms with E-state index in [1.54, 1.807) is 0 Å². The number of carbonyl (C=O) groups is 3. The highest BCUT2D eigenvalue weighted by Crippen LogP contribution is 2.00. The summed E-state index contributed by atoms with van der Waals surface area (Å²) in [7, 11) is 0. The van der Waals surface area contributed by atoms with Crippen LogP contribution in [0.2, 0.25) is 0 Å². The zero-order valence-corrected chi connectivity index (χ0v) is 10.9. The average molecular weight is 272 g/mol. The molecule has 0 aromatic rings. The number of carbonyl (C=O) groups excluding carboxylic acids is 2. The van der Waals surface area contributed by atoms with Gasteiger partial charge in [-0.1, -0.05) is 0 Å². The van der Waals surface area contributed by atoms with Crippen LogP contribution in [0, 0.1) is 0 Å². The number of carboxylic acids is 1. The molecule has 0 fully saturated rings. The molecule has 19 heavy (non-hydrogen) atoms. The molecule has 0 rings (SSSR count). The summed E-state index contributed by atoms with van der Waals surface area (Å²) in [5.41, 5.74) is 10.3. The molecule has 0 spiro atoms. The van der Waals surface area contributed by atoms with Crippen molar-refractivity contribution in [1.29, 1.82) is 0 Å². The van der Waals surface area contributed by atoms with Crippen molar-refractivity contribution >= 4 is 23.6 Å². The van der Waals surface area contributed by atoms with Crippen LogP contribution in [0.4, 0.5) is 0 Å². The van der Waals surface area contributed by atoms with Gasteiger partial charge in [0, 0.05) is 19.4 Å². The fourth-order valence-corrected chi connectivity index (χ4v) is 1.32. The Hall–Kier alpha value is -2.12. The normalized spacial score (nSPS) is 11.4. The number of carboxylic acid groups (broad SMARTS) is 1. The molecule has 0 saturated heterocycles. The Labute approximate surface area is 111 Å². The number of hydrogen-bond acceptors (Lipinski definition) is 4. The molecule has 0 radical (unpaired) electrons. The second kappa shape index (κ2) is 8.90. The first kappa shape index (κ1) is 16.9. The zero-order valence-electron chi connectivity index (χ0n) is 10.9. The second-order valence-corrected chi connectivity index (χ2v) is 4.11. The highest BCUT2D eigenvalue weighted by atomic mass is 16.4. The smallest absolute Gasteiger partial charge is 0.326 e. The van der Waals surface area contributed by atoms with E-state index in [9.17, 15) is 14.4 Å². The van der Waals surface area contributed by atoms with Gasteiger partial charge >= 0.3 is 5.97 Å². The first-order valence-corrected chi connectivity index (χ1v) is 5.90. The van der Waals surface area contributed by atoms with Gasteiger partial charge in [0.25, 0.3) is 0 Å². The topological polar surface area (TPSA) is 148 Å². The maximum Gasteiger partial charge on any atom is 0.326 e. The summed E-state index contributed by atoms with van der Waals surface area (Å²) in [5.74, 6) is -1.75. The molecule has 0 bridgehead atoms. The number of rotatable bonds is 9. The lowest BCUT2D eigenvalue weighted by atomic mass is 10.1. The Morgan fingerprint density at radius 2 is 1.89 bits per heavy atom. The molecule has 0 aromatic carbocycles. The Balaban J connectivity index is 4.11. The lowest BCUT2D eigenvalue weighted by Crippen LogP contribution is -2.40. The lowest BCUT2D eigenvalue weighted by molar-refractivity contribution is -0.142. The van der Waals surface area contributed by atoms with Crippen LogP contribution in [0.1, 0.15) is 32.6 Å². The maximum atomic E-state index is 11.4. The van der Waals surface area contributed by atoms with Gasteiger partial charge in [-0.15, -0.1) is 0 Å². The van der Waals surface area contributed by atoms with Gasteiger partial charge in [-0.05, 0) is 19.8 Å². The largest absolute Gasteiger partial charge is 0.480 e. The van der Waals surface area contributed by atoms with Crippen molar-refractivity contribution in [3.05, 3.63) is 0 Å². The highest BCUT2D eigenvalue weighted by molar-refractivity contribution is 5.86. The van der Waals surface area contributed by atoms with Crippen molar-refractivity contribution in [3.63, 3.8) is 0 Å². The minimum atomic E-state index is -1.12. The van der Waals surface area contributed by atoms with Crippen LogP contribution in [0.5, 0.6) is 0 Å². The van der Waals surface area contributed by atoms with Crippen molar-refractivity contribution in [2.24, 2.45) is 16.5 Å². The molecule has 1 atom stereocenters. The number of nitrogens with one attached hydrogen (secondary N) is 1. The highest BCUT2D eigenvalue weighted by Gasteiger charge is 2.19. The fourth-order valence-electron chi connectivity index (χ4n) is 1.32. The predicted octanol–water partition coefficient (Wildman–Crippen LogP) is -1.02. The summed E-state index contributed by atoms with van der Waals surface area (Å²) in [5, 5.41) is 11.3. The van der Waals surface area contributed by atoms with E-state index in [-0.39, 0.29) is 31.0 Å². The SMILES string of the molecule is CC(=O)CCC(=O)N[C@@H](CCCN=C(N)N)C(=O)O. The van der Waals surface area contributed by atoms with Crippen LogP contribution in [-0.2, 0) is 14.4 Å². The number of guanidine groups is 1.